The molecule has 1 aliphatic rings. The fraction of sp³-hybridized carbons (Fsp3) is 0.385. The lowest BCUT2D eigenvalue weighted by Crippen LogP contribution is -2.38. The van der Waals surface area contributed by atoms with Gasteiger partial charge >= 0.3 is 0 Å². The number of Topliss-reactive ketones (excluding diaryl/α,β-unsaturated/α-hetero) is 1. The van der Waals surface area contributed by atoms with Crippen LogP contribution in [0, 0.1) is 5.82 Å². The minimum Gasteiger partial charge on any atom is -0.349 e. The van der Waals surface area contributed by atoms with Crippen LogP contribution in [-0.2, 0) is 4.79 Å². The highest BCUT2D eigenvalue weighted by Gasteiger charge is 2.23. The summed E-state index contributed by atoms with van der Waals surface area (Å²) in [4.78, 5) is 23.0. The lowest BCUT2D eigenvalue weighted by Gasteiger charge is -2.22. The number of hydrogen-bond acceptors (Lipinski definition) is 2. The first-order valence-electron chi connectivity index (χ1n) is 5.84. The Morgan fingerprint density at radius 3 is 2.61 bits per heavy atom. The number of nitrogens with one attached hydrogen (secondary N) is 1. The highest BCUT2D eigenvalue weighted by molar-refractivity contribution is 6.33. The number of ketones is 1. The lowest BCUT2D eigenvalue weighted by atomic mass is 9.94. The number of carbonyl (C=O) groups excluding carboxylic acids is 2. The summed E-state index contributed by atoms with van der Waals surface area (Å²) < 4.78 is 13.5. The van der Waals surface area contributed by atoms with Crippen LogP contribution >= 0.6 is 11.6 Å². The summed E-state index contributed by atoms with van der Waals surface area (Å²) in [5.74, 6) is -0.936. The number of amides is 1. The van der Waals surface area contributed by atoms with Gasteiger partial charge in [-0.05, 0) is 25.0 Å². The molecule has 1 aromatic carbocycles. The Morgan fingerprint density at radius 2 is 2.00 bits per heavy atom. The molecular formula is C13H13ClFNO2. The maximum atomic E-state index is 13.5. The predicted octanol–water partition coefficient (Wildman–Crippen LogP) is 2.72. The Bertz CT molecular complexity index is 460. The molecule has 0 heterocycles. The van der Waals surface area contributed by atoms with E-state index in [1.807, 2.05) is 0 Å². The van der Waals surface area contributed by atoms with Crippen LogP contribution in [-0.4, -0.2) is 17.7 Å². The van der Waals surface area contributed by atoms with Gasteiger partial charge in [-0.15, -0.1) is 0 Å². The third-order valence-electron chi connectivity index (χ3n) is 3.07. The highest BCUT2D eigenvalue weighted by Crippen LogP contribution is 2.20. The standard InChI is InChI=1S/C13H13ClFNO2/c14-10-2-1-3-11(15)12(10)13(18)16-8-4-6-9(17)7-5-8/h1-3,8H,4-7H2,(H,16,18). The molecule has 2 rings (SSSR count). The van der Waals surface area contributed by atoms with E-state index >= 15 is 0 Å². The molecule has 0 aliphatic heterocycles. The largest absolute Gasteiger partial charge is 0.349 e. The van der Waals surface area contributed by atoms with Crippen molar-refractivity contribution in [1.82, 2.24) is 5.32 Å². The van der Waals surface area contributed by atoms with E-state index in [0.29, 0.717) is 25.7 Å². The Morgan fingerprint density at radius 1 is 1.33 bits per heavy atom. The second-order valence-electron chi connectivity index (χ2n) is 4.38. The van der Waals surface area contributed by atoms with Crippen LogP contribution < -0.4 is 5.32 Å². The molecule has 1 aliphatic carbocycles. The van der Waals surface area contributed by atoms with Gasteiger partial charge in [0.25, 0.3) is 5.91 Å². The zero-order chi connectivity index (χ0) is 13.1. The molecule has 1 saturated carbocycles. The van der Waals surface area contributed by atoms with Crippen molar-refractivity contribution < 1.29 is 14.0 Å². The number of carbonyl (C=O) groups is 2. The molecular weight excluding hydrogens is 257 g/mol. The number of hydrogen-bond donors (Lipinski definition) is 1. The molecule has 3 nitrogen and oxygen atoms in total. The Hall–Kier alpha value is -1.42. The van der Waals surface area contributed by atoms with Crippen molar-refractivity contribution in [2.45, 2.75) is 31.7 Å². The van der Waals surface area contributed by atoms with Crippen LogP contribution in [0.1, 0.15) is 36.0 Å². The minimum atomic E-state index is -0.633. The first-order chi connectivity index (χ1) is 8.58. The van der Waals surface area contributed by atoms with Gasteiger partial charge < -0.3 is 5.32 Å². The van der Waals surface area contributed by atoms with Gasteiger partial charge in [0.15, 0.2) is 0 Å². The summed E-state index contributed by atoms with van der Waals surface area (Å²) in [7, 11) is 0. The van der Waals surface area contributed by atoms with Crippen molar-refractivity contribution in [3.63, 3.8) is 0 Å². The van der Waals surface area contributed by atoms with Gasteiger partial charge in [-0.3, -0.25) is 9.59 Å². The minimum absolute atomic E-state index is 0.0779. The van der Waals surface area contributed by atoms with Gasteiger partial charge in [-0.1, -0.05) is 17.7 Å². The van der Waals surface area contributed by atoms with E-state index in [4.69, 9.17) is 11.6 Å². The van der Waals surface area contributed by atoms with Crippen LogP contribution in [0.4, 0.5) is 4.39 Å². The smallest absolute Gasteiger partial charge is 0.255 e. The van der Waals surface area contributed by atoms with Crippen molar-refractivity contribution in [1.29, 1.82) is 0 Å². The second-order valence-corrected chi connectivity index (χ2v) is 4.79. The molecule has 1 amide bonds. The predicted molar refractivity (Wildman–Crippen MR) is 66.1 cm³/mol. The van der Waals surface area contributed by atoms with E-state index in [0.717, 1.165) is 0 Å². The average molecular weight is 270 g/mol. The van der Waals surface area contributed by atoms with Crippen LogP contribution in [0.3, 0.4) is 0 Å². The summed E-state index contributed by atoms with van der Waals surface area (Å²) in [6.45, 7) is 0. The van der Waals surface area contributed by atoms with Crippen LogP contribution in [0.25, 0.3) is 0 Å². The molecule has 0 radical (unpaired) electrons. The number of rotatable bonds is 2. The molecule has 1 N–H and O–H groups in total. The van der Waals surface area contributed by atoms with E-state index in [9.17, 15) is 14.0 Å². The van der Waals surface area contributed by atoms with Crippen molar-refractivity contribution in [2.75, 3.05) is 0 Å². The molecule has 1 fully saturated rings. The van der Waals surface area contributed by atoms with E-state index in [1.165, 1.54) is 18.2 Å². The van der Waals surface area contributed by atoms with E-state index in [1.54, 1.807) is 0 Å². The normalized spacial score (nSPS) is 16.7. The molecule has 1 aromatic rings. The molecule has 0 atom stereocenters. The van der Waals surface area contributed by atoms with Gasteiger partial charge in [-0.2, -0.15) is 0 Å². The molecule has 0 unspecified atom stereocenters. The fourth-order valence-electron chi connectivity index (χ4n) is 2.06. The topological polar surface area (TPSA) is 46.2 Å². The third kappa shape index (κ3) is 2.88. The average Bonchev–Trinajstić information content (AvgIpc) is 2.32. The zero-order valence-corrected chi connectivity index (χ0v) is 10.5. The third-order valence-corrected chi connectivity index (χ3v) is 3.38. The van der Waals surface area contributed by atoms with Crippen molar-refractivity contribution in [3.8, 4) is 0 Å². The van der Waals surface area contributed by atoms with Gasteiger partial charge in [0, 0.05) is 18.9 Å². The molecule has 5 heteroatoms. The molecule has 0 bridgehead atoms. The maximum Gasteiger partial charge on any atom is 0.255 e. The molecule has 96 valence electrons. The van der Waals surface area contributed by atoms with Gasteiger partial charge in [0.2, 0.25) is 0 Å². The first kappa shape index (κ1) is 13.0. The van der Waals surface area contributed by atoms with E-state index in [2.05, 4.69) is 5.32 Å². The molecule has 18 heavy (non-hydrogen) atoms. The second kappa shape index (κ2) is 5.48. The quantitative estimate of drug-likeness (QED) is 0.897. The van der Waals surface area contributed by atoms with Gasteiger partial charge in [-0.25, -0.2) is 4.39 Å². The first-order valence-corrected chi connectivity index (χ1v) is 6.22. The lowest BCUT2D eigenvalue weighted by molar-refractivity contribution is -0.120. The van der Waals surface area contributed by atoms with Crippen molar-refractivity contribution in [2.24, 2.45) is 0 Å². The summed E-state index contributed by atoms with van der Waals surface area (Å²) in [5.41, 5.74) is -0.129. The molecule has 0 aromatic heterocycles. The highest BCUT2D eigenvalue weighted by atomic mass is 35.5. The molecule has 0 spiro atoms. The summed E-state index contributed by atoms with van der Waals surface area (Å²) in [6.07, 6.45) is 2.15. The van der Waals surface area contributed by atoms with Crippen molar-refractivity contribution >= 4 is 23.3 Å². The monoisotopic (exact) mass is 269 g/mol. The van der Waals surface area contributed by atoms with E-state index < -0.39 is 11.7 Å². The maximum absolute atomic E-state index is 13.5. The van der Waals surface area contributed by atoms with Gasteiger partial charge in [0.05, 0.1) is 10.6 Å². The van der Waals surface area contributed by atoms with Crippen LogP contribution in [0.15, 0.2) is 18.2 Å². The van der Waals surface area contributed by atoms with Gasteiger partial charge in [0.1, 0.15) is 11.6 Å². The SMILES string of the molecule is O=C1CCC(NC(=O)c2c(F)cccc2Cl)CC1. The van der Waals surface area contributed by atoms with Crippen LogP contribution in [0.5, 0.6) is 0 Å². The summed E-state index contributed by atoms with van der Waals surface area (Å²) in [6, 6.07) is 4.05. The zero-order valence-electron chi connectivity index (χ0n) is 9.71. The van der Waals surface area contributed by atoms with Crippen molar-refractivity contribution in [3.05, 3.63) is 34.6 Å². The number of halogens is 2. The number of benzene rings is 1. The van der Waals surface area contributed by atoms with E-state index in [-0.39, 0.29) is 22.4 Å². The summed E-state index contributed by atoms with van der Waals surface area (Å²) >= 11 is 5.81. The fourth-order valence-corrected chi connectivity index (χ4v) is 2.31. The Labute approximate surface area is 109 Å². The summed E-state index contributed by atoms with van der Waals surface area (Å²) in [5, 5.41) is 2.82. The van der Waals surface area contributed by atoms with Crippen LogP contribution in [0.2, 0.25) is 5.02 Å². The Balaban J connectivity index is 2.06. The molecule has 0 saturated heterocycles. The Kier molecular flexibility index (Phi) is 3.97.